The fourth-order valence-corrected chi connectivity index (χ4v) is 2.94. The van der Waals surface area contributed by atoms with Crippen LogP contribution >= 0.6 is 15.9 Å². The number of benzene rings is 1. The van der Waals surface area contributed by atoms with Gasteiger partial charge in [-0.2, -0.15) is 0 Å². The lowest BCUT2D eigenvalue weighted by Crippen LogP contribution is -2.30. The summed E-state index contributed by atoms with van der Waals surface area (Å²) in [4.78, 5) is 0. The maximum absolute atomic E-state index is 5.40. The van der Waals surface area contributed by atoms with Crippen LogP contribution in [0.4, 0.5) is 5.69 Å². The first-order valence-electron chi connectivity index (χ1n) is 6.13. The lowest BCUT2D eigenvalue weighted by atomic mass is 9.87. The summed E-state index contributed by atoms with van der Waals surface area (Å²) >= 11 is 3.51. The molecular weight excluding hydrogens is 278 g/mol. The van der Waals surface area contributed by atoms with Gasteiger partial charge in [-0.25, -0.2) is 0 Å². The molecule has 1 saturated carbocycles. The quantitative estimate of drug-likeness (QED) is 0.890. The largest absolute Gasteiger partial charge is 0.495 e. The van der Waals surface area contributed by atoms with Crippen LogP contribution in [0.1, 0.15) is 33.1 Å². The second-order valence-electron chi connectivity index (χ2n) is 5.42. The van der Waals surface area contributed by atoms with Crippen molar-refractivity contribution in [3.8, 4) is 5.75 Å². The van der Waals surface area contributed by atoms with E-state index in [1.807, 2.05) is 12.1 Å². The van der Waals surface area contributed by atoms with Gasteiger partial charge in [-0.15, -0.1) is 0 Å². The highest BCUT2D eigenvalue weighted by atomic mass is 79.9. The van der Waals surface area contributed by atoms with E-state index in [9.17, 15) is 0 Å². The van der Waals surface area contributed by atoms with Crippen molar-refractivity contribution in [1.82, 2.24) is 0 Å². The Morgan fingerprint density at radius 2 is 2.18 bits per heavy atom. The molecule has 0 bridgehead atoms. The highest BCUT2D eigenvalue weighted by Gasteiger charge is 2.34. The molecule has 1 aliphatic rings. The van der Waals surface area contributed by atoms with Gasteiger partial charge < -0.3 is 10.1 Å². The minimum Gasteiger partial charge on any atom is -0.495 e. The molecule has 2 nitrogen and oxygen atoms in total. The lowest BCUT2D eigenvalue weighted by Gasteiger charge is -2.29. The van der Waals surface area contributed by atoms with Crippen molar-refractivity contribution in [3.05, 3.63) is 22.7 Å². The van der Waals surface area contributed by atoms with Gasteiger partial charge in [0.1, 0.15) is 5.75 Å². The summed E-state index contributed by atoms with van der Waals surface area (Å²) in [6.07, 6.45) is 3.84. The van der Waals surface area contributed by atoms with Crippen LogP contribution in [0.25, 0.3) is 0 Å². The molecule has 0 saturated heterocycles. The first kappa shape index (κ1) is 12.7. The van der Waals surface area contributed by atoms with Gasteiger partial charge in [0.2, 0.25) is 0 Å². The van der Waals surface area contributed by atoms with Crippen LogP contribution in [0, 0.1) is 5.41 Å². The molecule has 3 heteroatoms. The Balaban J connectivity index is 2.20. The van der Waals surface area contributed by atoms with Gasteiger partial charge in [0.05, 0.1) is 12.8 Å². The Bertz CT molecular complexity index is 403. The molecule has 1 atom stereocenters. The number of hydrogen-bond donors (Lipinski definition) is 1. The Kier molecular flexibility index (Phi) is 3.67. The van der Waals surface area contributed by atoms with E-state index < -0.39 is 0 Å². The van der Waals surface area contributed by atoms with Gasteiger partial charge >= 0.3 is 0 Å². The van der Waals surface area contributed by atoms with Gasteiger partial charge in [-0.05, 0) is 36.5 Å². The molecule has 1 fully saturated rings. The van der Waals surface area contributed by atoms with Crippen LogP contribution < -0.4 is 10.1 Å². The minimum atomic E-state index is 0.368. The molecule has 1 unspecified atom stereocenters. The Morgan fingerprint density at radius 3 is 2.76 bits per heavy atom. The number of methoxy groups -OCH3 is 1. The zero-order valence-corrected chi connectivity index (χ0v) is 12.3. The summed E-state index contributed by atoms with van der Waals surface area (Å²) in [5.74, 6) is 0.913. The molecule has 0 aliphatic heterocycles. The summed E-state index contributed by atoms with van der Waals surface area (Å²) in [6, 6.07) is 6.62. The molecule has 17 heavy (non-hydrogen) atoms. The maximum atomic E-state index is 5.40. The van der Waals surface area contributed by atoms with Gasteiger partial charge in [0.15, 0.2) is 0 Å². The van der Waals surface area contributed by atoms with E-state index in [-0.39, 0.29) is 0 Å². The zero-order valence-electron chi connectivity index (χ0n) is 10.7. The van der Waals surface area contributed by atoms with Crippen LogP contribution in [0.2, 0.25) is 0 Å². The first-order chi connectivity index (χ1) is 8.03. The average Bonchev–Trinajstić information content (AvgIpc) is 2.59. The van der Waals surface area contributed by atoms with Crippen LogP contribution in [-0.4, -0.2) is 13.2 Å². The van der Waals surface area contributed by atoms with E-state index in [1.54, 1.807) is 7.11 Å². The third-order valence-corrected chi connectivity index (χ3v) is 4.24. The van der Waals surface area contributed by atoms with Crippen molar-refractivity contribution < 1.29 is 4.74 Å². The van der Waals surface area contributed by atoms with Gasteiger partial charge in [0.25, 0.3) is 0 Å². The lowest BCUT2D eigenvalue weighted by molar-refractivity contribution is 0.348. The Hall–Kier alpha value is -0.700. The standard InChI is InChI=1S/C14H20BrNO/c1-14(2)8-4-5-13(14)16-11-9-10(15)6-7-12(11)17-3/h6-7,9,13,16H,4-5,8H2,1-3H3. The van der Waals surface area contributed by atoms with Crippen molar-refractivity contribution >= 4 is 21.6 Å². The molecular formula is C14H20BrNO. The molecule has 1 aromatic rings. The summed E-state index contributed by atoms with van der Waals surface area (Å²) in [6.45, 7) is 4.67. The molecule has 94 valence electrons. The second kappa shape index (κ2) is 4.89. The van der Waals surface area contributed by atoms with E-state index in [0.29, 0.717) is 11.5 Å². The van der Waals surface area contributed by atoms with E-state index in [0.717, 1.165) is 15.9 Å². The number of rotatable bonds is 3. The van der Waals surface area contributed by atoms with Crippen LogP contribution in [0.3, 0.4) is 0 Å². The van der Waals surface area contributed by atoms with E-state index in [2.05, 4.69) is 41.2 Å². The van der Waals surface area contributed by atoms with E-state index in [4.69, 9.17) is 4.74 Å². The number of nitrogens with one attached hydrogen (secondary N) is 1. The third-order valence-electron chi connectivity index (χ3n) is 3.75. The maximum Gasteiger partial charge on any atom is 0.142 e. The molecule has 0 aromatic heterocycles. The van der Waals surface area contributed by atoms with Crippen molar-refractivity contribution in [2.24, 2.45) is 5.41 Å². The van der Waals surface area contributed by atoms with Crippen molar-refractivity contribution in [1.29, 1.82) is 0 Å². The van der Waals surface area contributed by atoms with Crippen molar-refractivity contribution in [2.45, 2.75) is 39.2 Å². The fraction of sp³-hybridized carbons (Fsp3) is 0.571. The molecule has 0 radical (unpaired) electrons. The SMILES string of the molecule is COc1ccc(Br)cc1NC1CCCC1(C)C. The van der Waals surface area contributed by atoms with Crippen LogP contribution in [-0.2, 0) is 0 Å². The van der Waals surface area contributed by atoms with E-state index >= 15 is 0 Å². The second-order valence-corrected chi connectivity index (χ2v) is 6.34. The first-order valence-corrected chi connectivity index (χ1v) is 6.92. The van der Waals surface area contributed by atoms with Gasteiger partial charge in [0, 0.05) is 10.5 Å². The number of ether oxygens (including phenoxy) is 1. The topological polar surface area (TPSA) is 21.3 Å². The zero-order chi connectivity index (χ0) is 12.5. The summed E-state index contributed by atoms with van der Waals surface area (Å²) in [5, 5.41) is 3.64. The molecule has 2 rings (SSSR count). The van der Waals surface area contributed by atoms with Crippen molar-refractivity contribution in [2.75, 3.05) is 12.4 Å². The summed E-state index contributed by atoms with van der Waals surface area (Å²) in [5.41, 5.74) is 1.45. The normalized spacial score (nSPS) is 22.5. The number of anilines is 1. The van der Waals surface area contributed by atoms with E-state index in [1.165, 1.54) is 19.3 Å². The predicted octanol–water partition coefficient (Wildman–Crippen LogP) is 4.45. The summed E-state index contributed by atoms with van der Waals surface area (Å²) < 4.78 is 6.48. The molecule has 1 aliphatic carbocycles. The average molecular weight is 298 g/mol. The van der Waals surface area contributed by atoms with Crippen LogP contribution in [0.15, 0.2) is 22.7 Å². The highest BCUT2D eigenvalue weighted by molar-refractivity contribution is 9.10. The number of hydrogen-bond acceptors (Lipinski definition) is 2. The monoisotopic (exact) mass is 297 g/mol. The minimum absolute atomic E-state index is 0.368. The van der Waals surface area contributed by atoms with Crippen LogP contribution in [0.5, 0.6) is 5.75 Å². The third kappa shape index (κ3) is 2.76. The van der Waals surface area contributed by atoms with Gasteiger partial charge in [-0.3, -0.25) is 0 Å². The number of halogens is 1. The van der Waals surface area contributed by atoms with Crippen molar-refractivity contribution in [3.63, 3.8) is 0 Å². The Labute approximate surface area is 112 Å². The Morgan fingerprint density at radius 1 is 1.41 bits per heavy atom. The molecule has 1 N–H and O–H groups in total. The fourth-order valence-electron chi connectivity index (χ4n) is 2.58. The molecule has 1 aromatic carbocycles. The smallest absolute Gasteiger partial charge is 0.142 e. The molecule has 0 amide bonds. The molecule has 0 heterocycles. The highest BCUT2D eigenvalue weighted by Crippen LogP contribution is 2.40. The molecule has 0 spiro atoms. The summed E-state index contributed by atoms with van der Waals surface area (Å²) in [7, 11) is 1.72. The predicted molar refractivity (Wildman–Crippen MR) is 75.7 cm³/mol. The van der Waals surface area contributed by atoms with Gasteiger partial charge in [-0.1, -0.05) is 36.2 Å².